The summed E-state index contributed by atoms with van der Waals surface area (Å²) in [5.74, 6) is -0.968. The van der Waals surface area contributed by atoms with E-state index in [1.54, 1.807) is 25.3 Å². The number of aryl methyl sites for hydroxylation is 2. The second kappa shape index (κ2) is 8.32. The highest BCUT2D eigenvalue weighted by Gasteiger charge is 2.48. The SMILES string of the molecule is COc1ccc(/C(O)=C2/C(=O)C(=O)N(c3ccccc3C)C2c2sccc2C)cc1Br. The van der Waals surface area contributed by atoms with Crippen molar-refractivity contribution in [3.05, 3.63) is 85.5 Å². The molecule has 2 aromatic carbocycles. The zero-order valence-corrected chi connectivity index (χ0v) is 19.6. The summed E-state index contributed by atoms with van der Waals surface area (Å²) in [5.41, 5.74) is 2.98. The van der Waals surface area contributed by atoms with Crippen LogP contribution in [0.1, 0.15) is 27.6 Å². The first-order valence-corrected chi connectivity index (χ1v) is 11.3. The number of amides is 1. The number of carbonyl (C=O) groups excluding carboxylic acids is 2. The fraction of sp³-hybridized carbons (Fsp3) is 0.167. The second-order valence-electron chi connectivity index (χ2n) is 7.27. The van der Waals surface area contributed by atoms with Crippen LogP contribution in [-0.2, 0) is 9.59 Å². The molecule has 0 aliphatic carbocycles. The lowest BCUT2D eigenvalue weighted by Gasteiger charge is -2.26. The maximum Gasteiger partial charge on any atom is 0.300 e. The normalized spacial score (nSPS) is 17.9. The smallest absolute Gasteiger partial charge is 0.300 e. The van der Waals surface area contributed by atoms with Gasteiger partial charge in [-0.2, -0.15) is 0 Å². The summed E-state index contributed by atoms with van der Waals surface area (Å²) in [6.45, 7) is 3.83. The van der Waals surface area contributed by atoms with Crippen molar-refractivity contribution in [2.75, 3.05) is 12.0 Å². The van der Waals surface area contributed by atoms with Crippen LogP contribution in [0.2, 0.25) is 0 Å². The minimum atomic E-state index is -0.707. The van der Waals surface area contributed by atoms with Gasteiger partial charge >= 0.3 is 0 Å². The number of hydrogen-bond donors (Lipinski definition) is 1. The van der Waals surface area contributed by atoms with Crippen LogP contribution in [-0.4, -0.2) is 23.9 Å². The summed E-state index contributed by atoms with van der Waals surface area (Å²) in [6.07, 6.45) is 0. The highest BCUT2D eigenvalue weighted by Crippen LogP contribution is 2.45. The van der Waals surface area contributed by atoms with Crippen LogP contribution in [0.15, 0.2) is 64.0 Å². The van der Waals surface area contributed by atoms with Gasteiger partial charge in [-0.25, -0.2) is 0 Å². The van der Waals surface area contributed by atoms with Crippen LogP contribution in [0.25, 0.3) is 5.76 Å². The highest BCUT2D eigenvalue weighted by atomic mass is 79.9. The van der Waals surface area contributed by atoms with E-state index in [2.05, 4.69) is 15.9 Å². The molecule has 7 heteroatoms. The van der Waals surface area contributed by atoms with Gasteiger partial charge in [0, 0.05) is 16.1 Å². The van der Waals surface area contributed by atoms with Crippen molar-refractivity contribution >= 4 is 50.4 Å². The summed E-state index contributed by atoms with van der Waals surface area (Å²) in [5, 5.41) is 13.1. The summed E-state index contributed by atoms with van der Waals surface area (Å²) in [6, 6.07) is 13.7. The van der Waals surface area contributed by atoms with Crippen LogP contribution < -0.4 is 9.64 Å². The molecule has 31 heavy (non-hydrogen) atoms. The Kier molecular flexibility index (Phi) is 5.73. The van der Waals surface area contributed by atoms with Crippen LogP contribution >= 0.6 is 27.3 Å². The van der Waals surface area contributed by atoms with Gasteiger partial charge < -0.3 is 9.84 Å². The van der Waals surface area contributed by atoms with Gasteiger partial charge in [0.25, 0.3) is 11.7 Å². The molecule has 4 rings (SSSR count). The molecule has 3 aromatic rings. The van der Waals surface area contributed by atoms with Gasteiger partial charge in [-0.3, -0.25) is 14.5 Å². The zero-order chi connectivity index (χ0) is 22.3. The maximum absolute atomic E-state index is 13.2. The van der Waals surface area contributed by atoms with Gasteiger partial charge in [0.15, 0.2) is 0 Å². The Bertz CT molecular complexity index is 1230. The number of Topliss-reactive ketones (excluding diaryl/α,β-unsaturated/α-hetero) is 1. The molecular formula is C24H20BrNO4S. The standard InChI is InChI=1S/C24H20BrNO4S/c1-13-6-4-5-7-17(13)26-20(23-14(2)10-11-31-23)19(22(28)24(26)29)21(27)15-8-9-18(30-3)16(25)12-15/h4-12,20,27H,1-3H3/b21-19-. The predicted molar refractivity (Wildman–Crippen MR) is 126 cm³/mol. The number of halogens is 1. The van der Waals surface area contributed by atoms with E-state index in [-0.39, 0.29) is 11.3 Å². The minimum Gasteiger partial charge on any atom is -0.507 e. The minimum absolute atomic E-state index is 0.0795. The average Bonchev–Trinajstić information content (AvgIpc) is 3.28. The summed E-state index contributed by atoms with van der Waals surface area (Å²) < 4.78 is 5.89. The molecule has 0 saturated carbocycles. The van der Waals surface area contributed by atoms with E-state index in [0.29, 0.717) is 21.5 Å². The number of hydrogen-bond acceptors (Lipinski definition) is 5. The molecule has 0 spiro atoms. The Morgan fingerprint density at radius 2 is 1.84 bits per heavy atom. The Hall–Kier alpha value is -2.90. The van der Waals surface area contributed by atoms with Gasteiger partial charge in [0.05, 0.1) is 17.2 Å². The summed E-state index contributed by atoms with van der Waals surface area (Å²) in [7, 11) is 1.55. The largest absolute Gasteiger partial charge is 0.507 e. The van der Waals surface area contributed by atoms with Crippen LogP contribution in [0.5, 0.6) is 5.75 Å². The first kappa shape index (κ1) is 21.3. The fourth-order valence-corrected chi connectivity index (χ4v) is 5.36. The Balaban J connectivity index is 1.96. The number of methoxy groups -OCH3 is 1. The van der Waals surface area contributed by atoms with E-state index in [9.17, 15) is 14.7 Å². The number of aliphatic hydroxyl groups excluding tert-OH is 1. The van der Waals surface area contributed by atoms with E-state index >= 15 is 0 Å². The number of benzene rings is 2. The van der Waals surface area contributed by atoms with Crippen molar-refractivity contribution in [2.45, 2.75) is 19.9 Å². The van der Waals surface area contributed by atoms with Crippen molar-refractivity contribution in [1.82, 2.24) is 0 Å². The van der Waals surface area contributed by atoms with Crippen LogP contribution in [0.4, 0.5) is 5.69 Å². The topological polar surface area (TPSA) is 66.8 Å². The maximum atomic E-state index is 13.2. The van der Waals surface area contributed by atoms with Gasteiger partial charge in [0.2, 0.25) is 0 Å². The number of para-hydroxylation sites is 1. The van der Waals surface area contributed by atoms with E-state index < -0.39 is 17.7 Å². The first-order chi connectivity index (χ1) is 14.8. The lowest BCUT2D eigenvalue weighted by Crippen LogP contribution is -2.30. The van der Waals surface area contributed by atoms with Crippen molar-refractivity contribution in [1.29, 1.82) is 0 Å². The quantitative estimate of drug-likeness (QED) is 0.282. The monoisotopic (exact) mass is 497 g/mol. The third-order valence-corrected chi connectivity index (χ3v) is 7.09. The van der Waals surface area contributed by atoms with Gasteiger partial charge in [0.1, 0.15) is 17.6 Å². The van der Waals surface area contributed by atoms with E-state index in [4.69, 9.17) is 4.74 Å². The fourth-order valence-electron chi connectivity index (χ4n) is 3.80. The molecule has 1 amide bonds. The molecule has 1 aromatic heterocycles. The number of ketones is 1. The number of rotatable bonds is 4. The number of aliphatic hydroxyl groups is 1. The van der Waals surface area contributed by atoms with Crippen LogP contribution in [0, 0.1) is 13.8 Å². The van der Waals surface area contributed by atoms with Crippen molar-refractivity contribution in [3.8, 4) is 5.75 Å². The van der Waals surface area contributed by atoms with Gasteiger partial charge in [-0.15, -0.1) is 11.3 Å². The molecule has 1 aliphatic rings. The third-order valence-electron chi connectivity index (χ3n) is 5.39. The highest BCUT2D eigenvalue weighted by molar-refractivity contribution is 9.10. The van der Waals surface area contributed by atoms with E-state index in [0.717, 1.165) is 16.0 Å². The van der Waals surface area contributed by atoms with Crippen molar-refractivity contribution < 1.29 is 19.4 Å². The predicted octanol–water partition coefficient (Wildman–Crippen LogP) is 5.76. The molecule has 0 radical (unpaired) electrons. The molecule has 1 aliphatic heterocycles. The molecule has 5 nitrogen and oxygen atoms in total. The van der Waals surface area contributed by atoms with E-state index in [1.165, 1.54) is 16.2 Å². The zero-order valence-electron chi connectivity index (χ0n) is 17.2. The molecule has 1 saturated heterocycles. The Morgan fingerprint density at radius 1 is 1.10 bits per heavy atom. The second-order valence-corrected chi connectivity index (χ2v) is 9.07. The molecule has 2 heterocycles. The molecule has 1 unspecified atom stereocenters. The summed E-state index contributed by atoms with van der Waals surface area (Å²) >= 11 is 4.88. The average molecular weight is 498 g/mol. The van der Waals surface area contributed by atoms with Crippen LogP contribution in [0.3, 0.4) is 0 Å². The van der Waals surface area contributed by atoms with E-state index in [1.807, 2.05) is 49.6 Å². The summed E-state index contributed by atoms with van der Waals surface area (Å²) in [4.78, 5) is 28.7. The number of ether oxygens (including phenoxy) is 1. The molecule has 0 bridgehead atoms. The number of carbonyl (C=O) groups is 2. The molecule has 1 fully saturated rings. The Labute approximate surface area is 192 Å². The lowest BCUT2D eigenvalue weighted by molar-refractivity contribution is -0.132. The molecule has 158 valence electrons. The molecule has 1 atom stereocenters. The molecular weight excluding hydrogens is 478 g/mol. The van der Waals surface area contributed by atoms with Gasteiger partial charge in [-0.05, 0) is 76.6 Å². The number of anilines is 1. The first-order valence-electron chi connectivity index (χ1n) is 9.59. The molecule has 1 N–H and O–H groups in total. The third kappa shape index (κ3) is 3.58. The van der Waals surface area contributed by atoms with Gasteiger partial charge in [-0.1, -0.05) is 18.2 Å². The lowest BCUT2D eigenvalue weighted by atomic mass is 9.98. The number of thiophene rings is 1. The Morgan fingerprint density at radius 3 is 2.45 bits per heavy atom. The van der Waals surface area contributed by atoms with Crippen molar-refractivity contribution in [3.63, 3.8) is 0 Å². The number of nitrogens with zero attached hydrogens (tertiary/aromatic N) is 1. The van der Waals surface area contributed by atoms with Crippen molar-refractivity contribution in [2.24, 2.45) is 0 Å².